The summed E-state index contributed by atoms with van der Waals surface area (Å²) in [5.74, 6) is 7.47. The molecule has 0 atom stereocenters. The molecule has 14 heavy (non-hydrogen) atoms. The van der Waals surface area contributed by atoms with E-state index in [0.717, 1.165) is 23.3 Å². The molecule has 0 aliphatic heterocycles. The molecule has 0 saturated carbocycles. The number of aromatic nitrogens is 3. The van der Waals surface area contributed by atoms with E-state index in [2.05, 4.69) is 22.0 Å². The maximum atomic E-state index is 5.50. The first-order chi connectivity index (χ1) is 6.79. The Hall–Kier alpha value is -0.990. The molecule has 0 spiro atoms. The molecule has 76 valence electrons. The molecule has 1 heterocycles. The molecule has 0 bridgehead atoms. The fourth-order valence-electron chi connectivity index (χ4n) is 1.03. The number of thioether (sulfide) groups is 1. The van der Waals surface area contributed by atoms with Crippen LogP contribution < -0.4 is 5.73 Å². The van der Waals surface area contributed by atoms with Gasteiger partial charge >= 0.3 is 0 Å². The molecule has 0 fully saturated rings. The van der Waals surface area contributed by atoms with Gasteiger partial charge in [0.05, 0.1) is 5.75 Å². The van der Waals surface area contributed by atoms with Crippen molar-refractivity contribution >= 4 is 11.8 Å². The van der Waals surface area contributed by atoms with Crippen molar-refractivity contribution in [3.63, 3.8) is 0 Å². The Morgan fingerprint density at radius 2 is 2.29 bits per heavy atom. The second kappa shape index (κ2) is 5.68. The third-order valence-corrected chi connectivity index (χ3v) is 2.55. The zero-order chi connectivity index (χ0) is 10.4. The lowest BCUT2D eigenvalue weighted by Gasteiger charge is -2.04. The minimum Gasteiger partial charge on any atom is -0.329 e. The van der Waals surface area contributed by atoms with Crippen molar-refractivity contribution in [2.75, 3.05) is 12.3 Å². The summed E-state index contributed by atoms with van der Waals surface area (Å²) in [6.45, 7) is 5.13. The highest BCUT2D eigenvalue weighted by Crippen LogP contribution is 2.15. The number of aryl methyl sites for hydroxylation is 1. The Morgan fingerprint density at radius 3 is 2.93 bits per heavy atom. The maximum absolute atomic E-state index is 5.50. The summed E-state index contributed by atoms with van der Waals surface area (Å²) in [7, 11) is 0. The Bertz CT molecular complexity index is 347. The third kappa shape index (κ3) is 2.76. The molecule has 4 nitrogen and oxygen atoms in total. The highest BCUT2D eigenvalue weighted by atomic mass is 32.2. The lowest BCUT2D eigenvalue weighted by molar-refractivity contribution is 0.628. The van der Waals surface area contributed by atoms with Crippen LogP contribution in [-0.4, -0.2) is 27.1 Å². The minimum absolute atomic E-state index is 0.603. The number of nitrogens with zero attached hydrogens (tertiary/aromatic N) is 3. The second-order valence-corrected chi connectivity index (χ2v) is 3.63. The van der Waals surface area contributed by atoms with Gasteiger partial charge in [0.2, 0.25) is 0 Å². The van der Waals surface area contributed by atoms with Crippen molar-refractivity contribution in [3.05, 3.63) is 5.82 Å². The predicted octanol–water partition coefficient (Wildman–Crippen LogP) is 0.661. The zero-order valence-electron chi connectivity index (χ0n) is 8.45. The van der Waals surface area contributed by atoms with Crippen LogP contribution in [0.5, 0.6) is 0 Å². The lowest BCUT2D eigenvalue weighted by atomic mass is 10.6. The molecule has 0 unspecified atom stereocenters. The van der Waals surface area contributed by atoms with E-state index >= 15 is 0 Å². The topological polar surface area (TPSA) is 56.7 Å². The Balaban J connectivity index is 2.68. The lowest BCUT2D eigenvalue weighted by Crippen LogP contribution is -2.12. The van der Waals surface area contributed by atoms with Crippen LogP contribution in [-0.2, 0) is 6.54 Å². The SMILES string of the molecule is CC#CCSc1nnc(C)n1CCN. The molecular formula is C9H14N4S. The van der Waals surface area contributed by atoms with Crippen molar-refractivity contribution < 1.29 is 0 Å². The number of rotatable bonds is 4. The van der Waals surface area contributed by atoms with Crippen LogP contribution in [0, 0.1) is 18.8 Å². The first-order valence-electron chi connectivity index (χ1n) is 4.42. The monoisotopic (exact) mass is 210 g/mol. The van der Waals surface area contributed by atoms with Gasteiger partial charge in [-0.3, -0.25) is 0 Å². The van der Waals surface area contributed by atoms with Crippen LogP contribution in [0.25, 0.3) is 0 Å². The summed E-state index contributed by atoms with van der Waals surface area (Å²) in [6, 6.07) is 0. The molecule has 0 aliphatic carbocycles. The van der Waals surface area contributed by atoms with Crippen LogP contribution in [0.1, 0.15) is 12.7 Å². The Kier molecular flexibility index (Phi) is 4.50. The summed E-state index contributed by atoms with van der Waals surface area (Å²) in [4.78, 5) is 0. The molecule has 0 amide bonds. The maximum Gasteiger partial charge on any atom is 0.192 e. The van der Waals surface area contributed by atoms with Crippen LogP contribution in [0.3, 0.4) is 0 Å². The summed E-state index contributed by atoms with van der Waals surface area (Å²) in [5, 5.41) is 8.96. The first kappa shape index (κ1) is 11.1. The quantitative estimate of drug-likeness (QED) is 0.586. The molecule has 5 heteroatoms. The van der Waals surface area contributed by atoms with Crippen LogP contribution in [0.4, 0.5) is 0 Å². The van der Waals surface area contributed by atoms with Crippen LogP contribution >= 0.6 is 11.8 Å². The fourth-order valence-corrected chi connectivity index (χ4v) is 1.85. The standard InChI is InChI=1S/C9H14N4S/c1-3-4-7-14-9-12-11-8(2)13(9)6-5-10/h5-7,10H2,1-2H3. The van der Waals surface area contributed by atoms with Crippen molar-refractivity contribution in [1.29, 1.82) is 0 Å². The molecule has 1 rings (SSSR count). The summed E-state index contributed by atoms with van der Waals surface area (Å²) in [5.41, 5.74) is 5.50. The fraction of sp³-hybridized carbons (Fsp3) is 0.556. The highest BCUT2D eigenvalue weighted by molar-refractivity contribution is 7.99. The van der Waals surface area contributed by atoms with Gasteiger partial charge in [0.1, 0.15) is 5.82 Å². The van der Waals surface area contributed by atoms with E-state index < -0.39 is 0 Å². The minimum atomic E-state index is 0.603. The number of hydrogen-bond donors (Lipinski definition) is 1. The molecule has 0 aliphatic rings. The van der Waals surface area contributed by atoms with Gasteiger partial charge in [0.15, 0.2) is 5.16 Å². The Morgan fingerprint density at radius 1 is 1.50 bits per heavy atom. The van der Waals surface area contributed by atoms with Crippen LogP contribution in [0.15, 0.2) is 5.16 Å². The van der Waals surface area contributed by atoms with Gasteiger partial charge in [-0.15, -0.1) is 16.1 Å². The van der Waals surface area contributed by atoms with Crippen molar-refractivity contribution in [2.45, 2.75) is 25.5 Å². The Labute approximate surface area is 88.3 Å². The number of nitrogens with two attached hydrogens (primary N) is 1. The van der Waals surface area contributed by atoms with Gasteiger partial charge in [0.25, 0.3) is 0 Å². The van der Waals surface area contributed by atoms with E-state index in [0.29, 0.717) is 6.54 Å². The molecule has 0 aromatic carbocycles. The molecule has 0 radical (unpaired) electrons. The van der Waals surface area contributed by atoms with E-state index in [9.17, 15) is 0 Å². The molecule has 0 saturated heterocycles. The van der Waals surface area contributed by atoms with E-state index in [1.165, 1.54) is 0 Å². The highest BCUT2D eigenvalue weighted by Gasteiger charge is 2.06. The largest absolute Gasteiger partial charge is 0.329 e. The normalized spacial score (nSPS) is 9.64. The smallest absolute Gasteiger partial charge is 0.192 e. The average Bonchev–Trinajstić information content (AvgIpc) is 2.51. The average molecular weight is 210 g/mol. The summed E-state index contributed by atoms with van der Waals surface area (Å²) < 4.78 is 2.02. The van der Waals surface area contributed by atoms with E-state index in [-0.39, 0.29) is 0 Å². The number of hydrogen-bond acceptors (Lipinski definition) is 4. The molecular weight excluding hydrogens is 196 g/mol. The summed E-state index contributed by atoms with van der Waals surface area (Å²) in [6.07, 6.45) is 0. The summed E-state index contributed by atoms with van der Waals surface area (Å²) >= 11 is 1.59. The van der Waals surface area contributed by atoms with Gasteiger partial charge in [-0.25, -0.2) is 0 Å². The first-order valence-corrected chi connectivity index (χ1v) is 5.40. The van der Waals surface area contributed by atoms with Gasteiger partial charge in [0, 0.05) is 13.1 Å². The molecule has 2 N–H and O–H groups in total. The molecule has 1 aromatic heterocycles. The van der Waals surface area contributed by atoms with Gasteiger partial charge in [-0.2, -0.15) is 0 Å². The van der Waals surface area contributed by atoms with E-state index in [1.54, 1.807) is 11.8 Å². The second-order valence-electron chi connectivity index (χ2n) is 2.69. The van der Waals surface area contributed by atoms with Crippen molar-refractivity contribution in [1.82, 2.24) is 14.8 Å². The van der Waals surface area contributed by atoms with Gasteiger partial charge in [-0.05, 0) is 13.8 Å². The predicted molar refractivity (Wildman–Crippen MR) is 58.0 cm³/mol. The van der Waals surface area contributed by atoms with Crippen molar-refractivity contribution in [2.24, 2.45) is 5.73 Å². The zero-order valence-corrected chi connectivity index (χ0v) is 9.27. The van der Waals surface area contributed by atoms with Gasteiger partial charge < -0.3 is 10.3 Å². The van der Waals surface area contributed by atoms with E-state index in [4.69, 9.17) is 5.73 Å². The van der Waals surface area contributed by atoms with Crippen molar-refractivity contribution in [3.8, 4) is 11.8 Å². The van der Waals surface area contributed by atoms with Crippen LogP contribution in [0.2, 0.25) is 0 Å². The third-order valence-electron chi connectivity index (χ3n) is 1.70. The van der Waals surface area contributed by atoms with Gasteiger partial charge in [-0.1, -0.05) is 17.7 Å². The van der Waals surface area contributed by atoms with E-state index in [1.807, 2.05) is 18.4 Å². The molecule has 1 aromatic rings.